The number of hydrogen-bond acceptors (Lipinski definition) is 10. The molecule has 1 aliphatic heterocycles. The molecule has 222 valence electrons. The average Bonchev–Trinajstić information content (AvgIpc) is 2.95. The fraction of sp³-hybridized carbons (Fsp3) is 0.429. The zero-order valence-electron chi connectivity index (χ0n) is 24.2. The number of rotatable bonds is 12. The first-order valence-electron chi connectivity index (χ1n) is 13.6. The molecule has 1 saturated heterocycles. The SMILES string of the molecule is CNS(=O)(=O)c1ccccc1Nc1nc(Nc2ccc(N3CCN(CCN(C)C)CC3)cc2OC(C)C)ncc1Cl. The molecule has 0 atom stereocenters. The topological polar surface area (TPSA) is 115 Å². The Hall–Kier alpha value is -3.16. The number of nitrogens with zero attached hydrogens (tertiary/aromatic N) is 5. The van der Waals surface area contributed by atoms with Crippen molar-refractivity contribution in [3.05, 3.63) is 53.7 Å². The minimum atomic E-state index is -3.70. The molecule has 1 aliphatic rings. The van der Waals surface area contributed by atoms with Crippen LogP contribution in [0.3, 0.4) is 0 Å². The van der Waals surface area contributed by atoms with E-state index in [4.69, 9.17) is 16.3 Å². The van der Waals surface area contributed by atoms with Crippen LogP contribution in [0.5, 0.6) is 5.75 Å². The molecule has 11 nitrogen and oxygen atoms in total. The highest BCUT2D eigenvalue weighted by Gasteiger charge is 2.20. The number of likely N-dealkylation sites (N-methyl/N-ethyl adjacent to an activating group) is 1. The van der Waals surface area contributed by atoms with Gasteiger partial charge in [-0.25, -0.2) is 18.1 Å². The van der Waals surface area contributed by atoms with Crippen molar-refractivity contribution in [1.29, 1.82) is 0 Å². The second-order valence-corrected chi connectivity index (χ2v) is 12.6. The van der Waals surface area contributed by atoms with Gasteiger partial charge in [0.2, 0.25) is 16.0 Å². The summed E-state index contributed by atoms with van der Waals surface area (Å²) >= 11 is 6.39. The number of benzene rings is 2. The largest absolute Gasteiger partial charge is 0.489 e. The Morgan fingerprint density at radius 1 is 1.05 bits per heavy atom. The molecule has 2 aromatic carbocycles. The van der Waals surface area contributed by atoms with E-state index in [1.807, 2.05) is 26.0 Å². The first-order chi connectivity index (χ1) is 19.6. The minimum Gasteiger partial charge on any atom is -0.489 e. The molecule has 3 N–H and O–H groups in total. The van der Waals surface area contributed by atoms with E-state index in [9.17, 15) is 8.42 Å². The number of anilines is 5. The normalized spacial score (nSPS) is 14.5. The van der Waals surface area contributed by atoms with E-state index in [2.05, 4.69) is 60.2 Å². The Morgan fingerprint density at radius 3 is 2.46 bits per heavy atom. The fourth-order valence-electron chi connectivity index (χ4n) is 4.41. The van der Waals surface area contributed by atoms with Gasteiger partial charge >= 0.3 is 0 Å². The summed E-state index contributed by atoms with van der Waals surface area (Å²) in [5.41, 5.74) is 2.14. The van der Waals surface area contributed by atoms with Crippen LogP contribution in [-0.2, 0) is 10.0 Å². The van der Waals surface area contributed by atoms with Gasteiger partial charge in [0.05, 0.1) is 23.7 Å². The fourth-order valence-corrected chi connectivity index (χ4v) is 5.44. The third-order valence-electron chi connectivity index (χ3n) is 6.62. The van der Waals surface area contributed by atoms with Crippen LogP contribution in [0.1, 0.15) is 13.8 Å². The molecule has 0 unspecified atom stereocenters. The van der Waals surface area contributed by atoms with Gasteiger partial charge in [0.1, 0.15) is 15.7 Å². The molecular formula is C28H39ClN8O3S. The molecule has 13 heteroatoms. The number of piperazine rings is 1. The highest BCUT2D eigenvalue weighted by Crippen LogP contribution is 2.34. The van der Waals surface area contributed by atoms with Crippen LogP contribution in [0.25, 0.3) is 0 Å². The third-order valence-corrected chi connectivity index (χ3v) is 8.37. The van der Waals surface area contributed by atoms with E-state index in [1.165, 1.54) is 19.3 Å². The van der Waals surface area contributed by atoms with E-state index in [0.29, 0.717) is 17.1 Å². The predicted molar refractivity (Wildman–Crippen MR) is 166 cm³/mol. The zero-order valence-corrected chi connectivity index (χ0v) is 25.8. The van der Waals surface area contributed by atoms with Gasteiger partial charge in [-0.2, -0.15) is 4.98 Å². The van der Waals surface area contributed by atoms with Gasteiger partial charge in [0.15, 0.2) is 5.82 Å². The maximum atomic E-state index is 12.5. The Labute approximate surface area is 247 Å². The minimum absolute atomic E-state index is 0.0392. The lowest BCUT2D eigenvalue weighted by Gasteiger charge is -2.36. The summed E-state index contributed by atoms with van der Waals surface area (Å²) in [5.74, 6) is 1.23. The lowest BCUT2D eigenvalue weighted by molar-refractivity contribution is 0.229. The van der Waals surface area contributed by atoms with Crippen LogP contribution in [0.15, 0.2) is 53.6 Å². The van der Waals surface area contributed by atoms with Crippen molar-refractivity contribution >= 4 is 50.5 Å². The highest BCUT2D eigenvalue weighted by molar-refractivity contribution is 7.89. The Bertz CT molecular complexity index is 1430. The lowest BCUT2D eigenvalue weighted by Crippen LogP contribution is -2.48. The molecule has 2 heterocycles. The molecule has 3 aromatic rings. The molecule has 4 rings (SSSR count). The van der Waals surface area contributed by atoms with Crippen LogP contribution in [-0.4, -0.2) is 94.7 Å². The van der Waals surface area contributed by atoms with Gasteiger partial charge in [0.25, 0.3) is 0 Å². The molecule has 1 fully saturated rings. The standard InChI is InChI=1S/C28H39ClN8O3S/c1-20(2)40-25-18-21(37-16-14-36(15-17-37)13-12-35(4)5)10-11-23(25)33-28-31-19-22(29)27(34-28)32-24-8-6-7-9-26(24)41(38,39)30-3/h6-11,18-20,30H,12-17H2,1-5H3,(H2,31,32,33,34). The molecule has 0 amide bonds. The summed E-state index contributed by atoms with van der Waals surface area (Å²) in [7, 11) is 1.87. The predicted octanol–water partition coefficient (Wildman–Crippen LogP) is 4.00. The molecule has 0 aliphatic carbocycles. The summed E-state index contributed by atoms with van der Waals surface area (Å²) in [6, 6.07) is 12.6. The quantitative estimate of drug-likeness (QED) is 0.281. The smallest absolute Gasteiger partial charge is 0.242 e. The van der Waals surface area contributed by atoms with Crippen LogP contribution < -0.4 is 25.0 Å². The summed E-state index contributed by atoms with van der Waals surface area (Å²) in [4.78, 5) is 16.0. The van der Waals surface area contributed by atoms with Crippen LogP contribution in [0.2, 0.25) is 5.02 Å². The van der Waals surface area contributed by atoms with Gasteiger partial charge < -0.3 is 25.2 Å². The van der Waals surface area contributed by atoms with E-state index in [0.717, 1.165) is 45.0 Å². The average molecular weight is 603 g/mol. The molecule has 1 aromatic heterocycles. The van der Waals surface area contributed by atoms with Crippen molar-refractivity contribution in [3.63, 3.8) is 0 Å². The van der Waals surface area contributed by atoms with Gasteiger partial charge in [-0.15, -0.1) is 0 Å². The summed E-state index contributed by atoms with van der Waals surface area (Å²) < 4.78 is 33.5. The van der Waals surface area contributed by atoms with Crippen LogP contribution in [0, 0.1) is 0 Å². The van der Waals surface area contributed by atoms with E-state index in [-0.39, 0.29) is 27.8 Å². The van der Waals surface area contributed by atoms with Gasteiger partial charge in [-0.05, 0) is 59.3 Å². The molecular weight excluding hydrogens is 564 g/mol. The first kappa shape index (κ1) is 30.8. The maximum absolute atomic E-state index is 12.5. The number of hydrogen-bond donors (Lipinski definition) is 3. The number of aromatic nitrogens is 2. The van der Waals surface area contributed by atoms with Crippen molar-refractivity contribution in [2.75, 3.05) is 75.9 Å². The first-order valence-corrected chi connectivity index (χ1v) is 15.4. The van der Waals surface area contributed by atoms with Gasteiger partial charge in [-0.1, -0.05) is 23.7 Å². The summed E-state index contributed by atoms with van der Waals surface area (Å²) in [5, 5.41) is 6.52. The second kappa shape index (κ2) is 13.7. The second-order valence-electron chi connectivity index (χ2n) is 10.3. The third kappa shape index (κ3) is 8.20. The van der Waals surface area contributed by atoms with Crippen molar-refractivity contribution in [2.24, 2.45) is 0 Å². The molecule has 0 saturated carbocycles. The van der Waals surface area contributed by atoms with E-state index in [1.54, 1.807) is 18.2 Å². The number of sulfonamides is 1. The molecule has 0 radical (unpaired) electrons. The monoisotopic (exact) mass is 602 g/mol. The maximum Gasteiger partial charge on any atom is 0.242 e. The molecule has 41 heavy (non-hydrogen) atoms. The van der Waals surface area contributed by atoms with Crippen molar-refractivity contribution in [2.45, 2.75) is 24.8 Å². The number of para-hydroxylation sites is 1. The van der Waals surface area contributed by atoms with E-state index < -0.39 is 10.0 Å². The Balaban J connectivity index is 1.53. The number of ether oxygens (including phenoxy) is 1. The van der Waals surface area contributed by atoms with Crippen molar-refractivity contribution < 1.29 is 13.2 Å². The van der Waals surface area contributed by atoms with Crippen LogP contribution in [0.4, 0.5) is 28.8 Å². The Kier molecular flexibility index (Phi) is 10.3. The Morgan fingerprint density at radius 2 is 1.78 bits per heavy atom. The van der Waals surface area contributed by atoms with Crippen molar-refractivity contribution in [1.82, 2.24) is 24.5 Å². The molecule has 0 bridgehead atoms. The number of halogens is 1. The van der Waals surface area contributed by atoms with Crippen LogP contribution >= 0.6 is 11.6 Å². The van der Waals surface area contributed by atoms with E-state index >= 15 is 0 Å². The summed E-state index contributed by atoms with van der Waals surface area (Å²) in [6.45, 7) is 10.0. The molecule has 0 spiro atoms. The van der Waals surface area contributed by atoms with Gasteiger partial charge in [-0.3, -0.25) is 4.90 Å². The van der Waals surface area contributed by atoms with Crippen molar-refractivity contribution in [3.8, 4) is 5.75 Å². The zero-order chi connectivity index (χ0) is 29.6. The van der Waals surface area contributed by atoms with Gasteiger partial charge in [0, 0.05) is 51.0 Å². The highest BCUT2D eigenvalue weighted by atomic mass is 35.5. The number of nitrogens with one attached hydrogen (secondary N) is 3. The lowest BCUT2D eigenvalue weighted by atomic mass is 10.2. The summed E-state index contributed by atoms with van der Waals surface area (Å²) in [6.07, 6.45) is 1.42.